The molecular weight excluding hydrogens is 208 g/mol. The van der Waals surface area contributed by atoms with Crippen LogP contribution in [0.5, 0.6) is 5.75 Å². The van der Waals surface area contributed by atoms with Crippen LogP contribution in [0, 0.1) is 6.92 Å². The Kier molecular flexibility index (Phi) is 5.27. The fourth-order valence-corrected chi connectivity index (χ4v) is 2.00. The van der Waals surface area contributed by atoms with Crippen molar-refractivity contribution in [1.82, 2.24) is 0 Å². The van der Waals surface area contributed by atoms with E-state index >= 15 is 0 Å². The number of allylic oxidation sites excluding steroid dienone is 2. The lowest BCUT2D eigenvalue weighted by Gasteiger charge is -2.15. The molecule has 0 unspecified atom stereocenters. The zero-order valence-electron chi connectivity index (χ0n) is 11.7. The molecule has 0 heterocycles. The minimum atomic E-state index is 0.543. The number of benzene rings is 1. The molecule has 0 aliphatic carbocycles. The first kappa shape index (κ1) is 13.8. The smallest absolute Gasteiger partial charge is 0.122 e. The Morgan fingerprint density at radius 3 is 2.65 bits per heavy atom. The fraction of sp³-hybridized carbons (Fsp3) is 0.500. The first-order chi connectivity index (χ1) is 8.04. The van der Waals surface area contributed by atoms with Crippen LogP contribution in [0.4, 0.5) is 0 Å². The molecular formula is C16H24O. The van der Waals surface area contributed by atoms with E-state index in [0.29, 0.717) is 5.92 Å². The van der Waals surface area contributed by atoms with Crippen molar-refractivity contribution in [3.8, 4) is 5.75 Å². The molecule has 94 valence electrons. The third kappa shape index (κ3) is 4.26. The average Bonchev–Trinajstić information content (AvgIpc) is 2.28. The Morgan fingerprint density at radius 1 is 1.35 bits per heavy atom. The summed E-state index contributed by atoms with van der Waals surface area (Å²) < 4.78 is 5.46. The number of rotatable bonds is 5. The van der Waals surface area contributed by atoms with Gasteiger partial charge in [-0.25, -0.2) is 0 Å². The van der Waals surface area contributed by atoms with Crippen molar-refractivity contribution >= 4 is 0 Å². The molecule has 0 aliphatic rings. The Balaban J connectivity index is 2.74. The lowest BCUT2D eigenvalue weighted by atomic mass is 9.94. The van der Waals surface area contributed by atoms with Gasteiger partial charge in [-0.15, -0.1) is 0 Å². The summed E-state index contributed by atoms with van der Waals surface area (Å²) in [4.78, 5) is 0. The standard InChI is InChI=1S/C16H24O/c1-12(2)7-6-8-14(4)15-10-9-13(3)11-16(15)17-5/h7,9-11,14H,6,8H2,1-5H3/t14-/m0/s1. The van der Waals surface area contributed by atoms with Gasteiger partial charge in [-0.3, -0.25) is 0 Å². The van der Waals surface area contributed by atoms with Gasteiger partial charge in [0, 0.05) is 0 Å². The van der Waals surface area contributed by atoms with Gasteiger partial charge in [0.15, 0.2) is 0 Å². The molecule has 0 aliphatic heterocycles. The third-order valence-corrected chi connectivity index (χ3v) is 3.07. The summed E-state index contributed by atoms with van der Waals surface area (Å²) in [5.41, 5.74) is 3.97. The summed E-state index contributed by atoms with van der Waals surface area (Å²) in [5.74, 6) is 1.57. The topological polar surface area (TPSA) is 9.23 Å². The van der Waals surface area contributed by atoms with E-state index in [1.807, 2.05) is 0 Å². The fourth-order valence-electron chi connectivity index (χ4n) is 2.00. The molecule has 0 amide bonds. The van der Waals surface area contributed by atoms with E-state index in [4.69, 9.17) is 4.74 Å². The number of hydrogen-bond donors (Lipinski definition) is 0. The first-order valence-electron chi connectivity index (χ1n) is 6.32. The van der Waals surface area contributed by atoms with Crippen molar-refractivity contribution in [1.29, 1.82) is 0 Å². The van der Waals surface area contributed by atoms with Gasteiger partial charge in [0.1, 0.15) is 5.75 Å². The molecule has 1 aromatic rings. The second-order valence-electron chi connectivity index (χ2n) is 5.01. The van der Waals surface area contributed by atoms with Crippen molar-refractivity contribution in [2.45, 2.75) is 46.5 Å². The van der Waals surface area contributed by atoms with Gasteiger partial charge in [-0.2, -0.15) is 0 Å². The highest BCUT2D eigenvalue weighted by molar-refractivity contribution is 5.39. The summed E-state index contributed by atoms with van der Waals surface area (Å²) in [6, 6.07) is 6.48. The largest absolute Gasteiger partial charge is 0.496 e. The lowest BCUT2D eigenvalue weighted by molar-refractivity contribution is 0.405. The molecule has 0 saturated heterocycles. The van der Waals surface area contributed by atoms with Crippen LogP contribution in [-0.4, -0.2) is 7.11 Å². The minimum absolute atomic E-state index is 0.543. The van der Waals surface area contributed by atoms with Gasteiger partial charge >= 0.3 is 0 Å². The van der Waals surface area contributed by atoms with Crippen molar-refractivity contribution < 1.29 is 4.74 Å². The molecule has 1 rings (SSSR count). The Labute approximate surface area is 106 Å². The Bertz CT molecular complexity index is 387. The van der Waals surface area contributed by atoms with E-state index in [2.05, 4.69) is 52.0 Å². The van der Waals surface area contributed by atoms with Gasteiger partial charge in [-0.05, 0) is 56.7 Å². The highest BCUT2D eigenvalue weighted by atomic mass is 16.5. The highest BCUT2D eigenvalue weighted by Gasteiger charge is 2.10. The first-order valence-corrected chi connectivity index (χ1v) is 6.32. The summed E-state index contributed by atoms with van der Waals surface area (Å²) in [6.45, 7) is 8.67. The van der Waals surface area contributed by atoms with Gasteiger partial charge < -0.3 is 4.74 Å². The van der Waals surface area contributed by atoms with Crippen molar-refractivity contribution in [2.24, 2.45) is 0 Å². The molecule has 0 N–H and O–H groups in total. The van der Waals surface area contributed by atoms with E-state index in [9.17, 15) is 0 Å². The molecule has 1 aromatic carbocycles. The van der Waals surface area contributed by atoms with E-state index < -0.39 is 0 Å². The molecule has 0 aromatic heterocycles. The zero-order valence-corrected chi connectivity index (χ0v) is 11.7. The second-order valence-corrected chi connectivity index (χ2v) is 5.01. The molecule has 1 atom stereocenters. The monoisotopic (exact) mass is 232 g/mol. The SMILES string of the molecule is COc1cc(C)ccc1[C@@H](C)CCC=C(C)C. The van der Waals surface area contributed by atoms with E-state index in [0.717, 1.165) is 12.2 Å². The predicted molar refractivity (Wildman–Crippen MR) is 74.8 cm³/mol. The molecule has 0 fully saturated rings. The van der Waals surface area contributed by atoms with Crippen LogP contribution in [0.25, 0.3) is 0 Å². The summed E-state index contributed by atoms with van der Waals surface area (Å²) in [6.07, 6.45) is 4.61. The lowest BCUT2D eigenvalue weighted by Crippen LogP contribution is -1.98. The maximum Gasteiger partial charge on any atom is 0.122 e. The van der Waals surface area contributed by atoms with E-state index in [1.165, 1.54) is 23.1 Å². The molecule has 17 heavy (non-hydrogen) atoms. The summed E-state index contributed by atoms with van der Waals surface area (Å²) in [5, 5.41) is 0. The summed E-state index contributed by atoms with van der Waals surface area (Å²) >= 11 is 0. The molecule has 0 spiro atoms. The Hall–Kier alpha value is -1.24. The molecule has 0 bridgehead atoms. The van der Waals surface area contributed by atoms with Crippen LogP contribution in [0.1, 0.15) is 50.7 Å². The molecule has 1 heteroatoms. The summed E-state index contributed by atoms with van der Waals surface area (Å²) in [7, 11) is 1.75. The predicted octanol–water partition coefficient (Wildman–Crippen LogP) is 4.85. The number of ether oxygens (including phenoxy) is 1. The third-order valence-electron chi connectivity index (χ3n) is 3.07. The van der Waals surface area contributed by atoms with Gasteiger partial charge in [0.2, 0.25) is 0 Å². The van der Waals surface area contributed by atoms with Gasteiger partial charge in [0.25, 0.3) is 0 Å². The zero-order chi connectivity index (χ0) is 12.8. The van der Waals surface area contributed by atoms with Gasteiger partial charge in [-0.1, -0.05) is 30.7 Å². The van der Waals surface area contributed by atoms with Crippen LogP contribution in [0.15, 0.2) is 29.8 Å². The average molecular weight is 232 g/mol. The number of hydrogen-bond acceptors (Lipinski definition) is 1. The van der Waals surface area contributed by atoms with Crippen molar-refractivity contribution in [3.63, 3.8) is 0 Å². The Morgan fingerprint density at radius 2 is 2.06 bits per heavy atom. The van der Waals surface area contributed by atoms with Crippen LogP contribution in [0.2, 0.25) is 0 Å². The van der Waals surface area contributed by atoms with Crippen LogP contribution in [-0.2, 0) is 0 Å². The highest BCUT2D eigenvalue weighted by Crippen LogP contribution is 2.30. The quantitative estimate of drug-likeness (QED) is 0.659. The number of aryl methyl sites for hydroxylation is 1. The maximum atomic E-state index is 5.46. The van der Waals surface area contributed by atoms with Gasteiger partial charge in [0.05, 0.1) is 7.11 Å². The van der Waals surface area contributed by atoms with Crippen molar-refractivity contribution in [2.75, 3.05) is 7.11 Å². The minimum Gasteiger partial charge on any atom is -0.496 e. The van der Waals surface area contributed by atoms with Crippen molar-refractivity contribution in [3.05, 3.63) is 41.0 Å². The molecule has 0 radical (unpaired) electrons. The van der Waals surface area contributed by atoms with Crippen LogP contribution in [0.3, 0.4) is 0 Å². The second kappa shape index (κ2) is 6.48. The van der Waals surface area contributed by atoms with E-state index in [-0.39, 0.29) is 0 Å². The van der Waals surface area contributed by atoms with E-state index in [1.54, 1.807) is 7.11 Å². The molecule has 0 saturated carbocycles. The normalized spacial score (nSPS) is 12.1. The maximum absolute atomic E-state index is 5.46. The molecule has 1 nitrogen and oxygen atoms in total. The van der Waals surface area contributed by atoms with Crippen LogP contribution < -0.4 is 4.74 Å². The number of methoxy groups -OCH3 is 1. The van der Waals surface area contributed by atoms with Crippen LogP contribution >= 0.6 is 0 Å².